The van der Waals surface area contributed by atoms with E-state index in [0.717, 1.165) is 18.6 Å². The van der Waals surface area contributed by atoms with Gasteiger partial charge in [0.25, 0.3) is 0 Å². The third kappa shape index (κ3) is 2.00. The lowest BCUT2D eigenvalue weighted by molar-refractivity contribution is 0.395. The SMILES string of the molecule is N#CC1=C(c2cc(F)c(O)c(F)c2)C2C(CCC2N=O)C1. The number of aromatic hydroxyl groups is 1. The topological polar surface area (TPSA) is 73.4 Å². The van der Waals surface area contributed by atoms with E-state index in [4.69, 9.17) is 0 Å². The van der Waals surface area contributed by atoms with Gasteiger partial charge in [-0.3, -0.25) is 0 Å². The molecule has 2 aliphatic rings. The summed E-state index contributed by atoms with van der Waals surface area (Å²) in [6.07, 6.45) is 1.91. The molecule has 1 N–H and O–H groups in total. The minimum absolute atomic E-state index is 0.122. The van der Waals surface area contributed by atoms with Crippen LogP contribution in [0.5, 0.6) is 5.75 Å². The first-order valence-electron chi connectivity index (χ1n) is 6.70. The molecule has 0 aromatic heterocycles. The zero-order valence-corrected chi connectivity index (χ0v) is 11.0. The molecule has 108 valence electrons. The Kier molecular flexibility index (Phi) is 3.20. The summed E-state index contributed by atoms with van der Waals surface area (Å²) in [5, 5.41) is 21.5. The Morgan fingerprint density at radius 3 is 2.52 bits per heavy atom. The number of phenols is 1. The van der Waals surface area contributed by atoms with E-state index in [1.165, 1.54) is 0 Å². The molecular formula is C15H12F2N2O2. The van der Waals surface area contributed by atoms with E-state index < -0.39 is 23.4 Å². The molecule has 1 aromatic rings. The van der Waals surface area contributed by atoms with Crippen LogP contribution in [0.2, 0.25) is 0 Å². The molecule has 6 heteroatoms. The summed E-state index contributed by atoms with van der Waals surface area (Å²) in [5.74, 6) is -3.33. The summed E-state index contributed by atoms with van der Waals surface area (Å²) in [6.45, 7) is 0. The summed E-state index contributed by atoms with van der Waals surface area (Å²) in [7, 11) is 0. The fourth-order valence-corrected chi connectivity index (χ4v) is 3.60. The molecule has 0 heterocycles. The molecule has 3 unspecified atom stereocenters. The fraction of sp³-hybridized carbons (Fsp3) is 0.400. The molecule has 0 radical (unpaired) electrons. The lowest BCUT2D eigenvalue weighted by Gasteiger charge is -2.18. The predicted octanol–water partition coefficient (Wildman–Crippen LogP) is 3.51. The van der Waals surface area contributed by atoms with Crippen molar-refractivity contribution in [3.63, 3.8) is 0 Å². The normalized spacial score (nSPS) is 27.6. The highest BCUT2D eigenvalue weighted by Gasteiger charge is 2.45. The Balaban J connectivity index is 2.14. The zero-order valence-electron chi connectivity index (χ0n) is 11.0. The first-order valence-corrected chi connectivity index (χ1v) is 6.70. The number of hydrogen-bond acceptors (Lipinski definition) is 4. The van der Waals surface area contributed by atoms with E-state index >= 15 is 0 Å². The van der Waals surface area contributed by atoms with E-state index in [1.807, 2.05) is 0 Å². The maximum atomic E-state index is 13.6. The molecule has 3 atom stereocenters. The van der Waals surface area contributed by atoms with E-state index in [0.29, 0.717) is 24.0 Å². The van der Waals surface area contributed by atoms with Gasteiger partial charge in [-0.05, 0) is 48.4 Å². The van der Waals surface area contributed by atoms with Crippen LogP contribution in [-0.4, -0.2) is 11.1 Å². The summed E-state index contributed by atoms with van der Waals surface area (Å²) >= 11 is 0. The summed E-state index contributed by atoms with van der Waals surface area (Å²) in [6, 6.07) is 3.62. The quantitative estimate of drug-likeness (QED) is 0.847. The van der Waals surface area contributed by atoms with Gasteiger partial charge in [0.15, 0.2) is 17.4 Å². The molecule has 1 fully saturated rings. The minimum atomic E-state index is -1.08. The molecule has 1 saturated carbocycles. The first kappa shape index (κ1) is 13.7. The van der Waals surface area contributed by atoms with Crippen LogP contribution in [0.4, 0.5) is 8.78 Å². The summed E-state index contributed by atoms with van der Waals surface area (Å²) in [4.78, 5) is 11.0. The molecule has 1 aromatic carbocycles. The average Bonchev–Trinajstić information content (AvgIpc) is 3.01. The second kappa shape index (κ2) is 4.92. The standard InChI is InChI=1S/C15H12F2N2O2/c16-10-4-8(5-11(17)15(10)20)13-9(6-18)3-7-1-2-12(19-21)14(7)13/h4-5,7,12,14,20H,1-3H2. The maximum absolute atomic E-state index is 13.6. The van der Waals surface area contributed by atoms with Gasteiger partial charge in [-0.15, -0.1) is 0 Å². The summed E-state index contributed by atoms with van der Waals surface area (Å²) in [5.41, 5.74) is 1.16. The van der Waals surface area contributed by atoms with Gasteiger partial charge in [0.05, 0.1) is 12.1 Å². The Morgan fingerprint density at radius 2 is 1.95 bits per heavy atom. The summed E-state index contributed by atoms with van der Waals surface area (Å²) < 4.78 is 27.1. The van der Waals surface area contributed by atoms with Crippen LogP contribution in [0.1, 0.15) is 24.8 Å². The lowest BCUT2D eigenvalue weighted by Crippen LogP contribution is -2.15. The molecule has 0 saturated heterocycles. The second-order valence-corrected chi connectivity index (χ2v) is 5.53. The largest absolute Gasteiger partial charge is 0.503 e. The molecule has 0 spiro atoms. The van der Waals surface area contributed by atoms with E-state index in [9.17, 15) is 24.1 Å². The number of nitriles is 1. The van der Waals surface area contributed by atoms with E-state index in [-0.39, 0.29) is 17.4 Å². The van der Waals surface area contributed by atoms with Crippen LogP contribution in [0.3, 0.4) is 0 Å². The van der Waals surface area contributed by atoms with Crippen molar-refractivity contribution >= 4 is 5.57 Å². The second-order valence-electron chi connectivity index (χ2n) is 5.53. The number of fused-ring (bicyclic) bond motifs is 1. The Morgan fingerprint density at radius 1 is 1.29 bits per heavy atom. The molecule has 21 heavy (non-hydrogen) atoms. The van der Waals surface area contributed by atoms with Crippen molar-refractivity contribution in [2.24, 2.45) is 17.0 Å². The number of hydrogen-bond donors (Lipinski definition) is 1. The fourth-order valence-electron chi connectivity index (χ4n) is 3.60. The minimum Gasteiger partial charge on any atom is -0.503 e. The monoisotopic (exact) mass is 290 g/mol. The van der Waals surface area contributed by atoms with Gasteiger partial charge in [0.1, 0.15) is 0 Å². The number of benzene rings is 1. The van der Waals surface area contributed by atoms with Crippen LogP contribution in [-0.2, 0) is 0 Å². The molecular weight excluding hydrogens is 278 g/mol. The molecule has 0 aliphatic heterocycles. The molecule has 3 rings (SSSR count). The zero-order chi connectivity index (χ0) is 15.1. The van der Waals surface area contributed by atoms with Gasteiger partial charge < -0.3 is 5.11 Å². The van der Waals surface area contributed by atoms with E-state index in [1.54, 1.807) is 0 Å². The van der Waals surface area contributed by atoms with Gasteiger partial charge in [-0.1, -0.05) is 5.18 Å². The number of nitroso groups, excluding NO2 is 1. The highest BCUT2D eigenvalue weighted by atomic mass is 19.1. The first-order chi connectivity index (χ1) is 10.1. The number of nitrogens with zero attached hydrogens (tertiary/aromatic N) is 2. The van der Waals surface area contributed by atoms with Crippen LogP contribution >= 0.6 is 0 Å². The molecule has 2 aliphatic carbocycles. The van der Waals surface area contributed by atoms with Crippen molar-refractivity contribution in [2.75, 3.05) is 0 Å². The van der Waals surface area contributed by atoms with Gasteiger partial charge >= 0.3 is 0 Å². The van der Waals surface area contributed by atoms with Crippen LogP contribution in [0, 0.1) is 39.7 Å². The van der Waals surface area contributed by atoms with Gasteiger partial charge in [0.2, 0.25) is 0 Å². The van der Waals surface area contributed by atoms with Gasteiger partial charge in [-0.2, -0.15) is 10.2 Å². The Bertz CT molecular complexity index is 670. The van der Waals surface area contributed by atoms with Crippen molar-refractivity contribution in [3.8, 4) is 11.8 Å². The number of allylic oxidation sites excluding steroid dienone is 1. The molecule has 0 bridgehead atoms. The third-order valence-electron chi connectivity index (χ3n) is 4.48. The molecule has 0 amide bonds. The number of halogens is 2. The van der Waals surface area contributed by atoms with Crippen molar-refractivity contribution in [3.05, 3.63) is 39.8 Å². The van der Waals surface area contributed by atoms with Gasteiger partial charge in [-0.25, -0.2) is 8.78 Å². The number of rotatable bonds is 2. The predicted molar refractivity (Wildman–Crippen MR) is 71.0 cm³/mol. The van der Waals surface area contributed by atoms with Crippen molar-refractivity contribution in [1.82, 2.24) is 0 Å². The van der Waals surface area contributed by atoms with Crippen molar-refractivity contribution in [1.29, 1.82) is 5.26 Å². The maximum Gasteiger partial charge on any atom is 0.187 e. The highest BCUT2D eigenvalue weighted by Crippen LogP contribution is 2.52. The highest BCUT2D eigenvalue weighted by molar-refractivity contribution is 5.77. The third-order valence-corrected chi connectivity index (χ3v) is 4.48. The Labute approximate surface area is 119 Å². The lowest BCUT2D eigenvalue weighted by atomic mass is 9.87. The van der Waals surface area contributed by atoms with Crippen LogP contribution in [0.25, 0.3) is 5.57 Å². The average molecular weight is 290 g/mol. The van der Waals surface area contributed by atoms with Gasteiger partial charge in [0, 0.05) is 11.5 Å². The van der Waals surface area contributed by atoms with Crippen molar-refractivity contribution in [2.45, 2.75) is 25.3 Å². The smallest absolute Gasteiger partial charge is 0.187 e. The van der Waals surface area contributed by atoms with Crippen LogP contribution in [0.15, 0.2) is 22.9 Å². The van der Waals surface area contributed by atoms with E-state index in [2.05, 4.69) is 11.2 Å². The number of phenolic OH excluding ortho intramolecular Hbond substituents is 1. The van der Waals surface area contributed by atoms with Crippen molar-refractivity contribution < 1.29 is 13.9 Å². The Hall–Kier alpha value is -2.29. The van der Waals surface area contributed by atoms with Crippen LogP contribution < -0.4 is 0 Å². The molecule has 4 nitrogen and oxygen atoms in total.